The molecule has 0 spiro atoms. The highest BCUT2D eigenvalue weighted by molar-refractivity contribution is 5.90. The standard InChI is InChI=1S/C12H14FNO/c1-7-4-5-10(6-11(7)13)12-8(2)14-15-9(12)3/h4-6,9,12H,1-3H3. The van der Waals surface area contributed by atoms with Crippen molar-refractivity contribution in [2.24, 2.45) is 5.16 Å². The van der Waals surface area contributed by atoms with Crippen LogP contribution in [0.1, 0.15) is 30.9 Å². The van der Waals surface area contributed by atoms with Crippen molar-refractivity contribution in [3.8, 4) is 0 Å². The Morgan fingerprint density at radius 2 is 2.07 bits per heavy atom. The molecule has 2 atom stereocenters. The molecule has 0 radical (unpaired) electrons. The van der Waals surface area contributed by atoms with Gasteiger partial charge in [-0.1, -0.05) is 17.3 Å². The number of nitrogens with zero attached hydrogens (tertiary/aromatic N) is 1. The van der Waals surface area contributed by atoms with Crippen LogP contribution in [0.4, 0.5) is 4.39 Å². The van der Waals surface area contributed by atoms with Gasteiger partial charge in [0.15, 0.2) is 0 Å². The van der Waals surface area contributed by atoms with E-state index in [1.807, 2.05) is 19.9 Å². The second-order valence-corrected chi connectivity index (χ2v) is 4.03. The van der Waals surface area contributed by atoms with Crippen LogP contribution in [0.25, 0.3) is 0 Å². The molecule has 3 heteroatoms. The van der Waals surface area contributed by atoms with Gasteiger partial charge in [0.1, 0.15) is 11.9 Å². The predicted molar refractivity (Wildman–Crippen MR) is 57.5 cm³/mol. The third kappa shape index (κ3) is 1.74. The minimum absolute atomic E-state index is 0.00731. The van der Waals surface area contributed by atoms with E-state index in [2.05, 4.69) is 5.16 Å². The van der Waals surface area contributed by atoms with Crippen LogP contribution < -0.4 is 0 Å². The normalized spacial score (nSPS) is 24.9. The van der Waals surface area contributed by atoms with Gasteiger partial charge in [-0.25, -0.2) is 4.39 Å². The highest BCUT2D eigenvalue weighted by atomic mass is 19.1. The first-order valence-corrected chi connectivity index (χ1v) is 5.06. The number of halogens is 1. The lowest BCUT2D eigenvalue weighted by molar-refractivity contribution is 0.0904. The van der Waals surface area contributed by atoms with Gasteiger partial charge in [-0.3, -0.25) is 0 Å². The lowest BCUT2D eigenvalue weighted by Gasteiger charge is -2.14. The van der Waals surface area contributed by atoms with Crippen molar-refractivity contribution in [1.29, 1.82) is 0 Å². The predicted octanol–water partition coefficient (Wildman–Crippen LogP) is 3.01. The Kier molecular flexibility index (Phi) is 2.47. The molecule has 0 saturated heterocycles. The van der Waals surface area contributed by atoms with E-state index in [-0.39, 0.29) is 17.8 Å². The summed E-state index contributed by atoms with van der Waals surface area (Å²) in [4.78, 5) is 5.17. The molecule has 1 aliphatic rings. The molecule has 80 valence electrons. The Bertz CT molecular complexity index is 414. The van der Waals surface area contributed by atoms with E-state index in [1.165, 1.54) is 0 Å². The second-order valence-electron chi connectivity index (χ2n) is 4.03. The van der Waals surface area contributed by atoms with Crippen LogP contribution >= 0.6 is 0 Å². The largest absolute Gasteiger partial charge is 0.392 e. The SMILES string of the molecule is CC1=NOC(C)C1c1ccc(C)c(F)c1. The Labute approximate surface area is 88.7 Å². The summed E-state index contributed by atoms with van der Waals surface area (Å²) in [6.45, 7) is 5.61. The van der Waals surface area contributed by atoms with Crippen LogP contribution in [-0.2, 0) is 4.84 Å². The average Bonchev–Trinajstić information content (AvgIpc) is 2.52. The maximum atomic E-state index is 13.4. The molecule has 2 nitrogen and oxygen atoms in total. The van der Waals surface area contributed by atoms with Gasteiger partial charge in [-0.15, -0.1) is 0 Å². The fraction of sp³-hybridized carbons (Fsp3) is 0.417. The van der Waals surface area contributed by atoms with Gasteiger partial charge in [0, 0.05) is 0 Å². The Hall–Kier alpha value is -1.38. The quantitative estimate of drug-likeness (QED) is 0.693. The minimum atomic E-state index is -0.167. The van der Waals surface area contributed by atoms with Gasteiger partial charge in [0.05, 0.1) is 11.6 Å². The van der Waals surface area contributed by atoms with Gasteiger partial charge < -0.3 is 4.84 Å². The zero-order chi connectivity index (χ0) is 11.0. The third-order valence-corrected chi connectivity index (χ3v) is 2.84. The molecule has 1 aromatic carbocycles. The topological polar surface area (TPSA) is 21.6 Å². The lowest BCUT2D eigenvalue weighted by atomic mass is 9.90. The molecular formula is C12H14FNO. The molecular weight excluding hydrogens is 193 g/mol. The highest BCUT2D eigenvalue weighted by Gasteiger charge is 2.29. The highest BCUT2D eigenvalue weighted by Crippen LogP contribution is 2.29. The Morgan fingerprint density at radius 3 is 2.60 bits per heavy atom. The van der Waals surface area contributed by atoms with Crippen molar-refractivity contribution in [2.45, 2.75) is 32.8 Å². The van der Waals surface area contributed by atoms with Crippen molar-refractivity contribution in [2.75, 3.05) is 0 Å². The molecule has 0 aliphatic carbocycles. The monoisotopic (exact) mass is 207 g/mol. The van der Waals surface area contributed by atoms with Crippen molar-refractivity contribution in [3.63, 3.8) is 0 Å². The summed E-state index contributed by atoms with van der Waals surface area (Å²) in [6, 6.07) is 5.31. The van der Waals surface area contributed by atoms with E-state index in [0.717, 1.165) is 11.3 Å². The molecule has 0 aromatic heterocycles. The van der Waals surface area contributed by atoms with Crippen LogP contribution in [0.5, 0.6) is 0 Å². The van der Waals surface area contributed by atoms with Crippen LogP contribution in [0.15, 0.2) is 23.4 Å². The summed E-state index contributed by atoms with van der Waals surface area (Å²) >= 11 is 0. The third-order valence-electron chi connectivity index (χ3n) is 2.84. The molecule has 0 amide bonds. The molecule has 0 bridgehead atoms. The second kappa shape index (κ2) is 3.65. The molecule has 0 fully saturated rings. The van der Waals surface area contributed by atoms with Gasteiger partial charge >= 0.3 is 0 Å². The first-order valence-electron chi connectivity index (χ1n) is 5.06. The fourth-order valence-corrected chi connectivity index (χ4v) is 1.94. The van der Waals surface area contributed by atoms with Gasteiger partial charge in [-0.2, -0.15) is 0 Å². The summed E-state index contributed by atoms with van der Waals surface area (Å²) < 4.78 is 13.4. The lowest BCUT2D eigenvalue weighted by Crippen LogP contribution is -2.16. The first-order chi connectivity index (χ1) is 7.09. The van der Waals surface area contributed by atoms with Crippen molar-refractivity contribution in [3.05, 3.63) is 35.1 Å². The van der Waals surface area contributed by atoms with Crippen molar-refractivity contribution < 1.29 is 9.23 Å². The zero-order valence-electron chi connectivity index (χ0n) is 9.12. The van der Waals surface area contributed by atoms with E-state index in [0.29, 0.717) is 5.56 Å². The van der Waals surface area contributed by atoms with E-state index in [4.69, 9.17) is 4.84 Å². The van der Waals surface area contributed by atoms with E-state index in [1.54, 1.807) is 19.1 Å². The average molecular weight is 207 g/mol. The van der Waals surface area contributed by atoms with E-state index >= 15 is 0 Å². The summed E-state index contributed by atoms with van der Waals surface area (Å²) in [5.74, 6) is -0.0838. The maximum Gasteiger partial charge on any atom is 0.136 e. The zero-order valence-corrected chi connectivity index (χ0v) is 9.12. The van der Waals surface area contributed by atoms with Gasteiger partial charge in [-0.05, 0) is 38.0 Å². The number of benzene rings is 1. The molecule has 1 heterocycles. The van der Waals surface area contributed by atoms with Crippen LogP contribution in [0, 0.1) is 12.7 Å². The summed E-state index contributed by atoms with van der Waals surface area (Å²) in [5, 5.41) is 3.92. The number of hydrogen-bond donors (Lipinski definition) is 0. The van der Waals surface area contributed by atoms with Gasteiger partial charge in [0.2, 0.25) is 0 Å². The smallest absolute Gasteiger partial charge is 0.136 e. The number of rotatable bonds is 1. The summed E-state index contributed by atoms with van der Waals surface area (Å²) in [6.07, 6.45) is -0.00731. The van der Waals surface area contributed by atoms with Crippen LogP contribution in [0.3, 0.4) is 0 Å². The first kappa shape index (κ1) is 10.1. The molecule has 2 rings (SSSR count). The summed E-state index contributed by atoms with van der Waals surface area (Å²) in [5.41, 5.74) is 2.51. The number of oxime groups is 1. The fourth-order valence-electron chi connectivity index (χ4n) is 1.94. The molecule has 2 unspecified atom stereocenters. The molecule has 0 N–H and O–H groups in total. The van der Waals surface area contributed by atoms with Gasteiger partial charge in [0.25, 0.3) is 0 Å². The molecule has 0 saturated carbocycles. The molecule has 1 aliphatic heterocycles. The van der Waals surface area contributed by atoms with Crippen LogP contribution in [0.2, 0.25) is 0 Å². The Balaban J connectivity index is 2.37. The summed E-state index contributed by atoms with van der Waals surface area (Å²) in [7, 11) is 0. The van der Waals surface area contributed by atoms with E-state index < -0.39 is 0 Å². The van der Waals surface area contributed by atoms with Crippen molar-refractivity contribution >= 4 is 5.71 Å². The van der Waals surface area contributed by atoms with E-state index in [9.17, 15) is 4.39 Å². The molecule has 15 heavy (non-hydrogen) atoms. The number of hydrogen-bond acceptors (Lipinski definition) is 2. The Morgan fingerprint density at radius 1 is 1.33 bits per heavy atom. The minimum Gasteiger partial charge on any atom is -0.392 e. The number of aryl methyl sites for hydroxylation is 1. The van der Waals surface area contributed by atoms with Crippen LogP contribution in [-0.4, -0.2) is 11.8 Å². The maximum absolute atomic E-state index is 13.4. The van der Waals surface area contributed by atoms with Crippen molar-refractivity contribution in [1.82, 2.24) is 0 Å². The molecule has 1 aromatic rings.